The number of amides is 1. The zero-order chi connectivity index (χ0) is 24.8. The number of ether oxygens (including phenoxy) is 1. The highest BCUT2D eigenvalue weighted by Crippen LogP contribution is 2.25. The van der Waals surface area contributed by atoms with E-state index in [9.17, 15) is 14.4 Å². The number of aryl methyl sites for hydroxylation is 2. The van der Waals surface area contributed by atoms with E-state index in [1.165, 1.54) is 6.07 Å². The molecule has 0 spiro atoms. The van der Waals surface area contributed by atoms with E-state index in [0.717, 1.165) is 11.1 Å². The molecule has 4 aromatic rings. The van der Waals surface area contributed by atoms with Crippen LogP contribution in [0.25, 0.3) is 0 Å². The molecule has 0 radical (unpaired) electrons. The third kappa shape index (κ3) is 5.89. The van der Waals surface area contributed by atoms with Crippen molar-refractivity contribution >= 4 is 23.3 Å². The third-order valence-corrected chi connectivity index (χ3v) is 5.57. The maximum absolute atomic E-state index is 13.3. The van der Waals surface area contributed by atoms with Gasteiger partial charge in [-0.05, 0) is 44.2 Å². The minimum Gasteiger partial charge on any atom is -0.445 e. The molecule has 4 aromatic carbocycles. The quantitative estimate of drug-likeness (QED) is 0.257. The Hall–Kier alpha value is -4.51. The molecular formula is C30H25NO4. The Morgan fingerprint density at radius 2 is 1.26 bits per heavy atom. The van der Waals surface area contributed by atoms with Gasteiger partial charge in [-0.25, -0.2) is 4.79 Å². The molecule has 4 rings (SSSR count). The lowest BCUT2D eigenvalue weighted by Crippen LogP contribution is -2.20. The molecule has 0 saturated carbocycles. The Balaban J connectivity index is 1.55. The fourth-order valence-corrected chi connectivity index (χ4v) is 3.58. The molecule has 1 amide bonds. The van der Waals surface area contributed by atoms with Crippen LogP contribution in [0, 0.1) is 13.8 Å². The predicted molar refractivity (Wildman–Crippen MR) is 136 cm³/mol. The van der Waals surface area contributed by atoms with Crippen molar-refractivity contribution in [1.29, 1.82) is 0 Å². The van der Waals surface area contributed by atoms with Crippen LogP contribution in [0.4, 0.5) is 5.69 Å². The van der Waals surface area contributed by atoms with Gasteiger partial charge in [-0.3, -0.25) is 9.59 Å². The molecule has 1 N–H and O–H groups in total. The highest BCUT2D eigenvalue weighted by molar-refractivity contribution is 6.05. The first-order chi connectivity index (χ1) is 16.9. The molecule has 5 nitrogen and oxygen atoms in total. The van der Waals surface area contributed by atoms with Gasteiger partial charge >= 0.3 is 5.97 Å². The Morgan fingerprint density at radius 1 is 0.657 bits per heavy atom. The topological polar surface area (TPSA) is 72.5 Å². The zero-order valence-electron chi connectivity index (χ0n) is 19.5. The van der Waals surface area contributed by atoms with Gasteiger partial charge in [0.2, 0.25) is 5.78 Å². The van der Waals surface area contributed by atoms with Gasteiger partial charge in [0.15, 0.2) is 6.10 Å². The summed E-state index contributed by atoms with van der Waals surface area (Å²) < 4.78 is 5.73. The maximum Gasteiger partial charge on any atom is 0.339 e. The van der Waals surface area contributed by atoms with Gasteiger partial charge in [0, 0.05) is 22.4 Å². The number of esters is 1. The van der Waals surface area contributed by atoms with Crippen LogP contribution in [0.5, 0.6) is 0 Å². The van der Waals surface area contributed by atoms with Crippen molar-refractivity contribution in [2.45, 2.75) is 20.0 Å². The van der Waals surface area contributed by atoms with Crippen molar-refractivity contribution in [3.8, 4) is 0 Å². The number of carbonyl (C=O) groups excluding carboxylic acids is 3. The summed E-state index contributed by atoms with van der Waals surface area (Å²) >= 11 is 0. The lowest BCUT2D eigenvalue weighted by atomic mass is 9.99. The summed E-state index contributed by atoms with van der Waals surface area (Å²) in [6, 6.07) is 29.7. The zero-order valence-corrected chi connectivity index (χ0v) is 19.5. The average Bonchev–Trinajstić information content (AvgIpc) is 2.88. The number of nitrogens with one attached hydrogen (secondary N) is 1. The Labute approximate surface area is 204 Å². The van der Waals surface area contributed by atoms with Gasteiger partial charge in [-0.2, -0.15) is 0 Å². The van der Waals surface area contributed by atoms with Crippen LogP contribution < -0.4 is 5.32 Å². The number of carbonyl (C=O) groups is 3. The molecule has 5 heteroatoms. The number of Topliss-reactive ketones (excluding diaryl/α,β-unsaturated/α-hetero) is 1. The van der Waals surface area contributed by atoms with E-state index < -0.39 is 12.1 Å². The molecule has 0 fully saturated rings. The van der Waals surface area contributed by atoms with E-state index in [-0.39, 0.29) is 17.3 Å². The average molecular weight is 464 g/mol. The van der Waals surface area contributed by atoms with Gasteiger partial charge < -0.3 is 10.1 Å². The normalized spacial score (nSPS) is 11.4. The van der Waals surface area contributed by atoms with Gasteiger partial charge in [-0.15, -0.1) is 0 Å². The number of anilines is 1. The molecule has 35 heavy (non-hydrogen) atoms. The number of ketones is 1. The molecule has 0 aliphatic rings. The fraction of sp³-hybridized carbons (Fsp3) is 0.100. The molecule has 0 aliphatic carbocycles. The van der Waals surface area contributed by atoms with Crippen LogP contribution >= 0.6 is 0 Å². The first-order valence-electron chi connectivity index (χ1n) is 11.3. The largest absolute Gasteiger partial charge is 0.445 e. The number of hydrogen-bond donors (Lipinski definition) is 1. The van der Waals surface area contributed by atoms with Gasteiger partial charge in [0.1, 0.15) is 0 Å². The van der Waals surface area contributed by atoms with E-state index in [1.807, 2.05) is 44.2 Å². The van der Waals surface area contributed by atoms with E-state index in [1.54, 1.807) is 66.7 Å². The summed E-state index contributed by atoms with van der Waals surface area (Å²) in [5.41, 5.74) is 4.30. The minimum absolute atomic E-state index is 0.226. The van der Waals surface area contributed by atoms with Crippen LogP contribution in [-0.2, 0) is 4.74 Å². The highest BCUT2D eigenvalue weighted by Gasteiger charge is 2.27. The first kappa shape index (κ1) is 23.6. The molecule has 0 aliphatic heterocycles. The summed E-state index contributed by atoms with van der Waals surface area (Å²) in [4.78, 5) is 38.9. The summed E-state index contributed by atoms with van der Waals surface area (Å²) in [5, 5.41) is 2.80. The number of benzene rings is 4. The summed E-state index contributed by atoms with van der Waals surface area (Å²) in [7, 11) is 0. The van der Waals surface area contributed by atoms with Crippen LogP contribution in [0.1, 0.15) is 53.9 Å². The summed E-state index contributed by atoms with van der Waals surface area (Å²) in [6.45, 7) is 3.89. The van der Waals surface area contributed by atoms with Crippen molar-refractivity contribution in [2.75, 3.05) is 5.32 Å². The Morgan fingerprint density at radius 3 is 1.89 bits per heavy atom. The van der Waals surface area contributed by atoms with Gasteiger partial charge in [-0.1, -0.05) is 83.9 Å². The maximum atomic E-state index is 13.3. The fourth-order valence-electron chi connectivity index (χ4n) is 3.58. The van der Waals surface area contributed by atoms with Crippen molar-refractivity contribution in [3.63, 3.8) is 0 Å². The number of rotatable bonds is 7. The molecule has 0 saturated heterocycles. The summed E-state index contributed by atoms with van der Waals surface area (Å²) in [5.74, 6) is -1.26. The Bertz CT molecular complexity index is 1340. The lowest BCUT2D eigenvalue weighted by molar-refractivity contribution is 0.0280. The molecule has 0 bridgehead atoms. The third-order valence-electron chi connectivity index (χ3n) is 5.57. The second-order valence-electron chi connectivity index (χ2n) is 8.33. The monoisotopic (exact) mass is 463 g/mol. The Kier molecular flexibility index (Phi) is 7.17. The summed E-state index contributed by atoms with van der Waals surface area (Å²) in [6.07, 6.45) is -1.10. The molecule has 1 atom stereocenters. The predicted octanol–water partition coefficient (Wildman–Crippen LogP) is 6.34. The van der Waals surface area contributed by atoms with Gasteiger partial charge in [0.05, 0.1) is 5.56 Å². The molecule has 0 unspecified atom stereocenters. The van der Waals surface area contributed by atoms with Crippen LogP contribution in [-0.4, -0.2) is 17.7 Å². The van der Waals surface area contributed by atoms with E-state index in [0.29, 0.717) is 22.4 Å². The molecular weight excluding hydrogens is 438 g/mol. The second-order valence-corrected chi connectivity index (χ2v) is 8.33. The van der Waals surface area contributed by atoms with Crippen LogP contribution in [0.15, 0.2) is 103 Å². The van der Waals surface area contributed by atoms with E-state index in [4.69, 9.17) is 4.74 Å². The van der Waals surface area contributed by atoms with Crippen molar-refractivity contribution < 1.29 is 19.1 Å². The molecule has 0 aromatic heterocycles. The van der Waals surface area contributed by atoms with Crippen molar-refractivity contribution in [3.05, 3.63) is 137 Å². The van der Waals surface area contributed by atoms with Crippen molar-refractivity contribution in [2.24, 2.45) is 0 Å². The van der Waals surface area contributed by atoms with Gasteiger partial charge in [0.25, 0.3) is 5.91 Å². The highest BCUT2D eigenvalue weighted by atomic mass is 16.5. The standard InChI is InChI=1S/C30H25NO4/c1-20-11-15-22(16-12-20)27(32)28(23-7-4-3-5-8-23)35-30(34)25-9-6-10-26(19-25)31-29(33)24-17-13-21(2)14-18-24/h3-19,28H,1-2H3,(H,31,33)/t28-/m0/s1. The van der Waals surface area contributed by atoms with Crippen molar-refractivity contribution in [1.82, 2.24) is 0 Å². The SMILES string of the molecule is Cc1ccc(C(=O)Nc2cccc(C(=O)O[C@H](C(=O)c3ccc(C)cc3)c3ccccc3)c2)cc1. The lowest BCUT2D eigenvalue weighted by Gasteiger charge is -2.18. The van der Waals surface area contributed by atoms with Crippen LogP contribution in [0.2, 0.25) is 0 Å². The molecule has 0 heterocycles. The number of hydrogen-bond acceptors (Lipinski definition) is 4. The molecule has 174 valence electrons. The van der Waals surface area contributed by atoms with E-state index in [2.05, 4.69) is 5.32 Å². The minimum atomic E-state index is -1.10. The van der Waals surface area contributed by atoms with Crippen LogP contribution in [0.3, 0.4) is 0 Å². The smallest absolute Gasteiger partial charge is 0.339 e. The van der Waals surface area contributed by atoms with E-state index >= 15 is 0 Å². The first-order valence-corrected chi connectivity index (χ1v) is 11.3. The second kappa shape index (κ2) is 10.6.